The van der Waals surface area contributed by atoms with Gasteiger partial charge in [-0.2, -0.15) is 13.2 Å². The third-order valence-corrected chi connectivity index (χ3v) is 2.94. The Morgan fingerprint density at radius 2 is 2.11 bits per heavy atom. The lowest BCUT2D eigenvalue weighted by molar-refractivity contribution is -0.138. The molecule has 1 atom stereocenters. The van der Waals surface area contributed by atoms with E-state index in [0.29, 0.717) is 10.9 Å². The van der Waals surface area contributed by atoms with Crippen molar-refractivity contribution in [2.75, 3.05) is 0 Å². The van der Waals surface area contributed by atoms with E-state index in [1.54, 1.807) is 13.0 Å². The summed E-state index contributed by atoms with van der Waals surface area (Å²) >= 11 is 3.04. The smallest absolute Gasteiger partial charge is 0.271 e. The standard InChI is InChI=1S/C12H14BrF3N2/c1-7(2)5-11(18-17)9-4-3-8(13)6-10(9)12(14,15)16/h3-4,6,11,18H,1,5,17H2,2H3. The number of benzene rings is 1. The van der Waals surface area contributed by atoms with Crippen molar-refractivity contribution in [3.8, 4) is 0 Å². The van der Waals surface area contributed by atoms with Gasteiger partial charge in [-0.25, -0.2) is 0 Å². The van der Waals surface area contributed by atoms with Crippen LogP contribution >= 0.6 is 15.9 Å². The topological polar surface area (TPSA) is 38.0 Å². The molecule has 6 heteroatoms. The fourth-order valence-corrected chi connectivity index (χ4v) is 2.05. The summed E-state index contributed by atoms with van der Waals surface area (Å²) in [5.41, 5.74) is 2.59. The highest BCUT2D eigenvalue weighted by atomic mass is 79.9. The minimum absolute atomic E-state index is 0.121. The highest BCUT2D eigenvalue weighted by molar-refractivity contribution is 9.10. The maximum absolute atomic E-state index is 13.0. The molecule has 18 heavy (non-hydrogen) atoms. The number of rotatable bonds is 4. The molecular weight excluding hydrogens is 309 g/mol. The van der Waals surface area contributed by atoms with Gasteiger partial charge in [0.05, 0.1) is 11.6 Å². The van der Waals surface area contributed by atoms with Crippen molar-refractivity contribution in [3.05, 3.63) is 46.0 Å². The average molecular weight is 323 g/mol. The van der Waals surface area contributed by atoms with Crippen LogP contribution in [0.25, 0.3) is 0 Å². The number of alkyl halides is 3. The zero-order valence-electron chi connectivity index (χ0n) is 9.81. The van der Waals surface area contributed by atoms with Crippen molar-refractivity contribution in [1.82, 2.24) is 5.43 Å². The zero-order chi connectivity index (χ0) is 13.9. The Balaban J connectivity index is 3.25. The van der Waals surface area contributed by atoms with Crippen LogP contribution in [0.3, 0.4) is 0 Å². The molecule has 2 nitrogen and oxygen atoms in total. The first kappa shape index (κ1) is 15.2. The normalized spacial score (nSPS) is 13.4. The van der Waals surface area contributed by atoms with E-state index < -0.39 is 17.8 Å². The molecule has 0 amide bonds. The zero-order valence-corrected chi connectivity index (χ0v) is 11.4. The van der Waals surface area contributed by atoms with Crippen molar-refractivity contribution in [1.29, 1.82) is 0 Å². The van der Waals surface area contributed by atoms with Crippen molar-refractivity contribution in [3.63, 3.8) is 0 Å². The summed E-state index contributed by atoms with van der Waals surface area (Å²) in [4.78, 5) is 0. The minimum Gasteiger partial charge on any atom is -0.271 e. The Kier molecular flexibility index (Phi) is 4.95. The largest absolute Gasteiger partial charge is 0.416 e. The summed E-state index contributed by atoms with van der Waals surface area (Å²) in [5.74, 6) is 5.33. The molecule has 0 radical (unpaired) electrons. The second-order valence-electron chi connectivity index (χ2n) is 4.11. The third kappa shape index (κ3) is 3.83. The quantitative estimate of drug-likeness (QED) is 0.500. The molecule has 0 aliphatic rings. The molecule has 0 saturated heterocycles. The summed E-state index contributed by atoms with van der Waals surface area (Å²) in [6.07, 6.45) is -4.06. The van der Waals surface area contributed by atoms with Gasteiger partial charge in [-0.05, 0) is 31.0 Å². The van der Waals surface area contributed by atoms with Gasteiger partial charge < -0.3 is 0 Å². The van der Waals surface area contributed by atoms with E-state index in [1.165, 1.54) is 6.07 Å². The number of hydrazine groups is 1. The molecular formula is C12H14BrF3N2. The first-order valence-electron chi connectivity index (χ1n) is 5.23. The third-order valence-electron chi connectivity index (χ3n) is 2.45. The van der Waals surface area contributed by atoms with Crippen LogP contribution in [-0.2, 0) is 6.18 Å². The molecule has 0 fully saturated rings. The summed E-state index contributed by atoms with van der Waals surface area (Å²) in [6, 6.07) is 3.43. The van der Waals surface area contributed by atoms with E-state index in [-0.39, 0.29) is 5.56 Å². The monoisotopic (exact) mass is 322 g/mol. The Hall–Kier alpha value is -0.850. The summed E-state index contributed by atoms with van der Waals surface area (Å²) in [5, 5.41) is 0. The Bertz CT molecular complexity index is 443. The van der Waals surface area contributed by atoms with Crippen molar-refractivity contribution in [2.24, 2.45) is 5.84 Å². The lowest BCUT2D eigenvalue weighted by Crippen LogP contribution is -2.30. The molecule has 0 aliphatic carbocycles. The van der Waals surface area contributed by atoms with Gasteiger partial charge in [0.2, 0.25) is 0 Å². The lowest BCUT2D eigenvalue weighted by atomic mass is 9.96. The number of nitrogens with two attached hydrogens (primary N) is 1. The van der Waals surface area contributed by atoms with Gasteiger partial charge in [-0.15, -0.1) is 6.58 Å². The van der Waals surface area contributed by atoms with Crippen molar-refractivity contribution >= 4 is 15.9 Å². The van der Waals surface area contributed by atoms with Gasteiger partial charge in [0, 0.05) is 4.47 Å². The molecule has 1 rings (SSSR count). The van der Waals surface area contributed by atoms with Crippen molar-refractivity contribution in [2.45, 2.75) is 25.6 Å². The first-order chi connectivity index (χ1) is 8.25. The molecule has 0 aromatic heterocycles. The van der Waals surface area contributed by atoms with E-state index in [0.717, 1.165) is 11.6 Å². The van der Waals surface area contributed by atoms with E-state index in [4.69, 9.17) is 5.84 Å². The molecule has 0 heterocycles. The van der Waals surface area contributed by atoms with Gasteiger partial charge in [0.15, 0.2) is 0 Å². The number of hydrogen-bond acceptors (Lipinski definition) is 2. The number of hydrogen-bond donors (Lipinski definition) is 2. The second-order valence-corrected chi connectivity index (χ2v) is 5.03. The van der Waals surface area contributed by atoms with Crippen LogP contribution in [0.2, 0.25) is 0 Å². The van der Waals surface area contributed by atoms with Crippen LogP contribution in [0.1, 0.15) is 30.5 Å². The van der Waals surface area contributed by atoms with Crippen LogP contribution in [0.15, 0.2) is 34.8 Å². The maximum atomic E-state index is 13.0. The molecule has 0 aliphatic heterocycles. The average Bonchev–Trinajstić information content (AvgIpc) is 2.24. The summed E-state index contributed by atoms with van der Waals surface area (Å²) in [7, 11) is 0. The number of nitrogens with one attached hydrogen (secondary N) is 1. The van der Waals surface area contributed by atoms with Crippen molar-refractivity contribution < 1.29 is 13.2 Å². The molecule has 0 spiro atoms. The molecule has 100 valence electrons. The molecule has 0 bridgehead atoms. The van der Waals surface area contributed by atoms with Gasteiger partial charge in [0.25, 0.3) is 0 Å². The molecule has 0 saturated carbocycles. The fraction of sp³-hybridized carbons (Fsp3) is 0.333. The maximum Gasteiger partial charge on any atom is 0.416 e. The van der Waals surface area contributed by atoms with E-state index in [2.05, 4.69) is 27.9 Å². The number of halogens is 4. The SMILES string of the molecule is C=C(C)CC(NN)c1ccc(Br)cc1C(F)(F)F. The highest BCUT2D eigenvalue weighted by Gasteiger charge is 2.35. The molecule has 1 aromatic carbocycles. The predicted octanol–water partition coefficient (Wildman–Crippen LogP) is 3.94. The Morgan fingerprint density at radius 1 is 1.50 bits per heavy atom. The highest BCUT2D eigenvalue weighted by Crippen LogP contribution is 2.37. The van der Waals surface area contributed by atoms with E-state index in [1.807, 2.05) is 0 Å². The van der Waals surface area contributed by atoms with Gasteiger partial charge >= 0.3 is 6.18 Å². The fourth-order valence-electron chi connectivity index (χ4n) is 1.68. The summed E-state index contributed by atoms with van der Waals surface area (Å²) in [6.45, 7) is 5.44. The summed E-state index contributed by atoms with van der Waals surface area (Å²) < 4.78 is 39.2. The molecule has 3 N–H and O–H groups in total. The molecule has 1 aromatic rings. The van der Waals surface area contributed by atoms with Gasteiger partial charge in [0.1, 0.15) is 0 Å². The van der Waals surface area contributed by atoms with Crippen LogP contribution in [-0.4, -0.2) is 0 Å². The minimum atomic E-state index is -4.41. The first-order valence-corrected chi connectivity index (χ1v) is 6.02. The van der Waals surface area contributed by atoms with E-state index >= 15 is 0 Å². The van der Waals surface area contributed by atoms with Gasteiger partial charge in [-0.1, -0.05) is 27.6 Å². The predicted molar refractivity (Wildman–Crippen MR) is 68.6 cm³/mol. The van der Waals surface area contributed by atoms with Gasteiger partial charge in [-0.3, -0.25) is 11.3 Å². The lowest BCUT2D eigenvalue weighted by Gasteiger charge is -2.21. The second kappa shape index (κ2) is 5.86. The van der Waals surface area contributed by atoms with Crippen LogP contribution in [0.4, 0.5) is 13.2 Å². The Labute approximate surface area is 112 Å². The van der Waals surface area contributed by atoms with Crippen LogP contribution in [0, 0.1) is 0 Å². The van der Waals surface area contributed by atoms with E-state index in [9.17, 15) is 13.2 Å². The van der Waals surface area contributed by atoms with Crippen LogP contribution < -0.4 is 11.3 Å². The Morgan fingerprint density at radius 3 is 2.56 bits per heavy atom. The van der Waals surface area contributed by atoms with Crippen LogP contribution in [0.5, 0.6) is 0 Å². The molecule has 1 unspecified atom stereocenters.